The first-order valence-electron chi connectivity index (χ1n) is 12.5. The zero-order valence-corrected chi connectivity index (χ0v) is 23.0. The molecule has 0 saturated heterocycles. The van der Waals surface area contributed by atoms with Crippen LogP contribution in [0.4, 0.5) is 0 Å². The molecule has 0 spiro atoms. The molecule has 1 heterocycles. The molecular formula is C34H38N2. The zero-order valence-electron chi connectivity index (χ0n) is 23.0. The average Bonchev–Trinajstić information content (AvgIpc) is 2.89. The molecule has 0 radical (unpaired) electrons. The quantitative estimate of drug-likeness (QED) is 0.338. The Morgan fingerprint density at radius 2 is 0.806 bits per heavy atom. The fourth-order valence-electron chi connectivity index (χ4n) is 3.76. The molecule has 0 N–H and O–H groups in total. The van der Waals surface area contributed by atoms with Gasteiger partial charge in [-0.15, -0.1) is 0 Å². The van der Waals surface area contributed by atoms with Crippen molar-refractivity contribution in [2.75, 3.05) is 0 Å². The van der Waals surface area contributed by atoms with Gasteiger partial charge in [-0.25, -0.2) is 9.97 Å². The number of benzene rings is 2. The van der Waals surface area contributed by atoms with Crippen molar-refractivity contribution in [3.05, 3.63) is 118 Å². The summed E-state index contributed by atoms with van der Waals surface area (Å²) in [5.74, 6) is 0. The molecule has 0 aliphatic rings. The Morgan fingerprint density at radius 3 is 1.11 bits per heavy atom. The summed E-state index contributed by atoms with van der Waals surface area (Å²) < 4.78 is 0. The predicted octanol–water partition coefficient (Wildman–Crippen LogP) is 7.98. The van der Waals surface area contributed by atoms with E-state index in [9.17, 15) is 0 Å². The third-order valence-corrected chi connectivity index (χ3v) is 6.22. The maximum atomic E-state index is 5.34. The van der Waals surface area contributed by atoms with Crippen molar-refractivity contribution in [2.45, 2.75) is 55.4 Å². The lowest BCUT2D eigenvalue weighted by Gasteiger charge is -2.12. The first-order chi connectivity index (χ1) is 17.2. The molecule has 0 atom stereocenters. The summed E-state index contributed by atoms with van der Waals surface area (Å²) in [7, 11) is 0. The van der Waals surface area contributed by atoms with Crippen molar-refractivity contribution >= 4 is 11.1 Å². The van der Waals surface area contributed by atoms with Gasteiger partial charge in [0.15, 0.2) is 0 Å². The number of rotatable bonds is 6. The lowest BCUT2D eigenvalue weighted by Crippen LogP contribution is -2.36. The van der Waals surface area contributed by atoms with Gasteiger partial charge in [0.1, 0.15) is 0 Å². The van der Waals surface area contributed by atoms with E-state index in [2.05, 4.69) is 128 Å². The Labute approximate surface area is 216 Å². The van der Waals surface area contributed by atoms with Gasteiger partial charge in [0, 0.05) is 11.1 Å². The third-order valence-electron chi connectivity index (χ3n) is 6.22. The number of aromatic nitrogens is 2. The molecule has 2 heteroatoms. The number of nitrogens with zero attached hydrogens (tertiary/aromatic N) is 2. The first kappa shape index (κ1) is 26.8. The average molecular weight is 475 g/mol. The van der Waals surface area contributed by atoms with Gasteiger partial charge >= 0.3 is 0 Å². The molecule has 0 amide bonds. The van der Waals surface area contributed by atoms with Crippen LogP contribution in [0, 0.1) is 0 Å². The van der Waals surface area contributed by atoms with Crippen molar-refractivity contribution in [3.8, 4) is 22.5 Å². The fourth-order valence-corrected chi connectivity index (χ4v) is 3.76. The highest BCUT2D eigenvalue weighted by molar-refractivity contribution is 5.79. The van der Waals surface area contributed by atoms with Crippen molar-refractivity contribution < 1.29 is 0 Å². The van der Waals surface area contributed by atoms with Gasteiger partial charge < -0.3 is 0 Å². The van der Waals surface area contributed by atoms with Crippen LogP contribution < -0.4 is 10.7 Å². The topological polar surface area (TPSA) is 25.8 Å². The van der Waals surface area contributed by atoms with E-state index in [1.165, 1.54) is 22.3 Å². The monoisotopic (exact) mass is 474 g/mol. The summed E-state index contributed by atoms with van der Waals surface area (Å²) >= 11 is 0. The van der Waals surface area contributed by atoms with Crippen LogP contribution in [-0.2, 0) is 0 Å². The molecule has 0 bridgehead atoms. The number of hydrogen-bond donors (Lipinski definition) is 0. The third kappa shape index (κ3) is 6.66. The minimum atomic E-state index is 0.897. The van der Waals surface area contributed by atoms with E-state index in [1.54, 1.807) is 0 Å². The Bertz CT molecular complexity index is 1340. The van der Waals surface area contributed by atoms with E-state index in [-0.39, 0.29) is 0 Å². The Balaban J connectivity index is 2.54. The summed E-state index contributed by atoms with van der Waals surface area (Å²) in [4.78, 5) is 10.7. The van der Waals surface area contributed by atoms with Gasteiger partial charge in [-0.1, -0.05) is 96.1 Å². The van der Waals surface area contributed by atoms with Gasteiger partial charge in [0.05, 0.1) is 22.1 Å². The van der Waals surface area contributed by atoms with Crippen molar-refractivity contribution in [1.29, 1.82) is 0 Å². The first-order valence-corrected chi connectivity index (χ1v) is 12.5. The van der Waals surface area contributed by atoms with Crippen molar-refractivity contribution in [1.82, 2.24) is 9.97 Å². The van der Waals surface area contributed by atoms with Crippen LogP contribution in [0.1, 0.15) is 55.4 Å². The molecule has 3 aromatic rings. The highest BCUT2D eigenvalue weighted by atomic mass is 14.8. The predicted molar refractivity (Wildman–Crippen MR) is 157 cm³/mol. The van der Waals surface area contributed by atoms with E-state index in [4.69, 9.17) is 9.97 Å². The normalized spacial score (nSPS) is 13.7. The minimum absolute atomic E-state index is 0.897. The second-order valence-corrected chi connectivity index (χ2v) is 9.79. The second-order valence-electron chi connectivity index (χ2n) is 9.79. The van der Waals surface area contributed by atoms with Crippen LogP contribution in [0.25, 0.3) is 33.7 Å². The standard InChI is InChI=1S/C34H38N2/c1-23(2)19-21-25(5)27(7)31-32(28(8)26(6)22-20-24(3)4)36-34(30-17-13-10-14-18-30)33(35-31)29-15-11-9-12-16-29/h9-22H,1-8H3/b25-21+,26-22+,31-27-,32-28-. The van der Waals surface area contributed by atoms with Crippen molar-refractivity contribution in [2.24, 2.45) is 0 Å². The highest BCUT2D eigenvalue weighted by Crippen LogP contribution is 2.27. The van der Waals surface area contributed by atoms with Crippen molar-refractivity contribution in [3.63, 3.8) is 0 Å². The lowest BCUT2D eigenvalue weighted by molar-refractivity contribution is 1.08. The molecule has 2 nitrogen and oxygen atoms in total. The van der Waals surface area contributed by atoms with E-state index >= 15 is 0 Å². The minimum Gasteiger partial charge on any atom is -0.244 e. The lowest BCUT2D eigenvalue weighted by atomic mass is 10.0. The molecular weight excluding hydrogens is 436 g/mol. The van der Waals surface area contributed by atoms with Crippen LogP contribution in [-0.4, -0.2) is 9.97 Å². The largest absolute Gasteiger partial charge is 0.244 e. The highest BCUT2D eigenvalue weighted by Gasteiger charge is 2.14. The zero-order chi connectivity index (χ0) is 26.2. The summed E-state index contributed by atoms with van der Waals surface area (Å²) in [5, 5.41) is 1.85. The van der Waals surface area contributed by atoms with E-state index in [1.807, 2.05) is 12.1 Å². The van der Waals surface area contributed by atoms with Crippen LogP contribution in [0.2, 0.25) is 0 Å². The fraction of sp³-hybridized carbons (Fsp3) is 0.235. The molecule has 0 unspecified atom stereocenters. The molecule has 0 fully saturated rings. The molecule has 36 heavy (non-hydrogen) atoms. The van der Waals surface area contributed by atoms with Gasteiger partial charge in [0.25, 0.3) is 0 Å². The Kier molecular flexibility index (Phi) is 9.13. The molecule has 0 aliphatic heterocycles. The molecule has 0 aliphatic carbocycles. The van der Waals surface area contributed by atoms with Crippen LogP contribution in [0.5, 0.6) is 0 Å². The van der Waals surface area contributed by atoms with Crippen LogP contribution in [0.3, 0.4) is 0 Å². The molecule has 3 rings (SSSR count). The maximum Gasteiger partial charge on any atom is 0.0973 e. The van der Waals surface area contributed by atoms with Crippen LogP contribution >= 0.6 is 0 Å². The summed E-state index contributed by atoms with van der Waals surface area (Å²) in [6.07, 6.45) is 8.65. The van der Waals surface area contributed by atoms with E-state index in [0.717, 1.165) is 44.4 Å². The summed E-state index contributed by atoms with van der Waals surface area (Å²) in [6.45, 7) is 17.0. The van der Waals surface area contributed by atoms with Gasteiger partial charge in [-0.3, -0.25) is 0 Å². The molecule has 184 valence electrons. The van der Waals surface area contributed by atoms with Gasteiger partial charge in [-0.2, -0.15) is 0 Å². The Hall–Kier alpha value is -3.78. The smallest absolute Gasteiger partial charge is 0.0973 e. The van der Waals surface area contributed by atoms with Gasteiger partial charge in [-0.05, 0) is 77.7 Å². The maximum absolute atomic E-state index is 5.34. The molecule has 1 aromatic heterocycles. The van der Waals surface area contributed by atoms with E-state index in [0.29, 0.717) is 0 Å². The summed E-state index contributed by atoms with van der Waals surface area (Å²) in [6, 6.07) is 20.7. The summed E-state index contributed by atoms with van der Waals surface area (Å²) in [5.41, 5.74) is 11.1. The van der Waals surface area contributed by atoms with E-state index < -0.39 is 0 Å². The Morgan fingerprint density at radius 1 is 0.472 bits per heavy atom. The second kappa shape index (κ2) is 12.3. The molecule has 2 aromatic carbocycles. The number of hydrogen-bond acceptors (Lipinski definition) is 2. The number of allylic oxidation sites excluding steroid dienone is 8. The SMILES string of the molecule is CC(C)=C/C=C(C)/C(C)=c1\nc(-c2ccccc2)c(-c2ccccc2)n\c1=C(C)/C(C)=C/C=C(C)C. The van der Waals surface area contributed by atoms with Gasteiger partial charge in [0.2, 0.25) is 0 Å². The van der Waals surface area contributed by atoms with Crippen LogP contribution in [0.15, 0.2) is 107 Å². The molecule has 0 saturated carbocycles.